The van der Waals surface area contributed by atoms with Crippen LogP contribution in [0.25, 0.3) is 0 Å². The van der Waals surface area contributed by atoms with E-state index in [9.17, 15) is 26.3 Å². The van der Waals surface area contributed by atoms with Gasteiger partial charge < -0.3 is 10.1 Å². The van der Waals surface area contributed by atoms with Gasteiger partial charge in [0.25, 0.3) is 5.60 Å². The molecule has 0 spiro atoms. The highest BCUT2D eigenvalue weighted by molar-refractivity contribution is 5.57. The van der Waals surface area contributed by atoms with Crippen LogP contribution in [0.4, 0.5) is 32.0 Å². The average Bonchev–Trinajstić information content (AvgIpc) is 2.24. The number of para-hydroxylation sites is 1. The molecule has 0 aliphatic carbocycles. The van der Waals surface area contributed by atoms with Crippen LogP contribution in [0.3, 0.4) is 0 Å². The smallest absolute Gasteiger partial charge is 0.360 e. The quantitative estimate of drug-likeness (QED) is 0.732. The second-order valence-corrected chi connectivity index (χ2v) is 4.13. The molecule has 1 N–H and O–H groups in total. The molecule has 1 aliphatic heterocycles. The maximum absolute atomic E-state index is 13.1. The minimum atomic E-state index is -5.61. The van der Waals surface area contributed by atoms with Crippen molar-refractivity contribution in [2.75, 3.05) is 5.32 Å². The second-order valence-electron chi connectivity index (χ2n) is 4.13. The van der Waals surface area contributed by atoms with E-state index in [1.54, 1.807) is 0 Å². The third-order valence-corrected chi connectivity index (χ3v) is 2.82. The van der Waals surface area contributed by atoms with Crippen molar-refractivity contribution in [3.8, 4) is 0 Å². The Labute approximate surface area is 104 Å². The van der Waals surface area contributed by atoms with Gasteiger partial charge in [0.1, 0.15) is 6.23 Å². The van der Waals surface area contributed by atoms with E-state index in [-0.39, 0.29) is 5.69 Å². The minimum Gasteiger partial charge on any atom is -0.360 e. The van der Waals surface area contributed by atoms with Crippen LogP contribution in [0.2, 0.25) is 0 Å². The molecule has 0 bridgehead atoms. The molecule has 1 atom stereocenters. The van der Waals surface area contributed by atoms with Crippen molar-refractivity contribution >= 4 is 5.69 Å². The maximum Gasteiger partial charge on any atom is 0.431 e. The summed E-state index contributed by atoms with van der Waals surface area (Å²) in [6.45, 7) is 1.09. The summed E-state index contributed by atoms with van der Waals surface area (Å²) in [7, 11) is 0. The summed E-state index contributed by atoms with van der Waals surface area (Å²) in [5, 5.41) is 2.44. The lowest BCUT2D eigenvalue weighted by molar-refractivity contribution is -0.397. The van der Waals surface area contributed by atoms with Gasteiger partial charge in [-0.15, -0.1) is 0 Å². The molecule has 2 rings (SSSR count). The van der Waals surface area contributed by atoms with E-state index in [1.807, 2.05) is 0 Å². The van der Waals surface area contributed by atoms with Gasteiger partial charge in [-0.05, 0) is 13.0 Å². The summed E-state index contributed by atoms with van der Waals surface area (Å²) in [5.41, 5.74) is -5.52. The second kappa shape index (κ2) is 4.03. The van der Waals surface area contributed by atoms with Crippen LogP contribution in [0, 0.1) is 0 Å². The van der Waals surface area contributed by atoms with Crippen LogP contribution >= 0.6 is 0 Å². The molecule has 1 aliphatic rings. The molecular formula is C11H9F6NO. The Kier molecular flexibility index (Phi) is 2.96. The fraction of sp³-hybridized carbons (Fsp3) is 0.455. The lowest BCUT2D eigenvalue weighted by Crippen LogP contribution is -2.60. The highest BCUT2D eigenvalue weighted by atomic mass is 19.4. The molecule has 0 aromatic heterocycles. The normalized spacial score (nSPS) is 22.6. The van der Waals surface area contributed by atoms with Gasteiger partial charge in [-0.3, -0.25) is 0 Å². The maximum atomic E-state index is 13.1. The number of halogens is 6. The van der Waals surface area contributed by atoms with Crippen molar-refractivity contribution in [1.82, 2.24) is 0 Å². The van der Waals surface area contributed by atoms with Crippen molar-refractivity contribution in [2.45, 2.75) is 31.1 Å². The van der Waals surface area contributed by atoms with Crippen molar-refractivity contribution < 1.29 is 31.1 Å². The van der Waals surface area contributed by atoms with Crippen LogP contribution in [0.5, 0.6) is 0 Å². The van der Waals surface area contributed by atoms with E-state index in [4.69, 9.17) is 0 Å². The minimum absolute atomic E-state index is 0.240. The molecular weight excluding hydrogens is 276 g/mol. The zero-order chi connectivity index (χ0) is 14.5. The van der Waals surface area contributed by atoms with Crippen LogP contribution in [-0.2, 0) is 10.3 Å². The third kappa shape index (κ3) is 1.94. The summed E-state index contributed by atoms with van der Waals surface area (Å²) in [6.07, 6.45) is -12.6. The number of rotatable bonds is 0. The molecule has 2 nitrogen and oxygen atoms in total. The predicted octanol–water partition coefficient (Wildman–Crippen LogP) is 3.79. The fourth-order valence-electron chi connectivity index (χ4n) is 2.09. The number of alkyl halides is 6. The lowest BCUT2D eigenvalue weighted by atomic mass is 9.89. The molecule has 0 saturated heterocycles. The Morgan fingerprint density at radius 2 is 1.58 bits per heavy atom. The number of anilines is 1. The van der Waals surface area contributed by atoms with Crippen molar-refractivity contribution in [1.29, 1.82) is 0 Å². The predicted molar refractivity (Wildman–Crippen MR) is 54.4 cm³/mol. The van der Waals surface area contributed by atoms with Crippen molar-refractivity contribution in [3.63, 3.8) is 0 Å². The zero-order valence-electron chi connectivity index (χ0n) is 9.56. The van der Waals surface area contributed by atoms with Gasteiger partial charge in [0.15, 0.2) is 0 Å². The highest BCUT2D eigenvalue weighted by Crippen LogP contribution is 2.56. The van der Waals surface area contributed by atoms with Crippen LogP contribution in [0.1, 0.15) is 12.5 Å². The molecule has 0 radical (unpaired) electrons. The third-order valence-electron chi connectivity index (χ3n) is 2.82. The molecule has 0 fully saturated rings. The number of hydrogen-bond acceptors (Lipinski definition) is 2. The lowest BCUT2D eigenvalue weighted by Gasteiger charge is -2.43. The molecule has 106 valence electrons. The molecule has 1 heterocycles. The highest BCUT2D eigenvalue weighted by Gasteiger charge is 2.75. The van der Waals surface area contributed by atoms with Crippen LogP contribution < -0.4 is 5.32 Å². The van der Waals surface area contributed by atoms with Crippen LogP contribution in [0.15, 0.2) is 24.3 Å². The Morgan fingerprint density at radius 3 is 2.11 bits per heavy atom. The zero-order valence-corrected chi connectivity index (χ0v) is 9.56. The van der Waals surface area contributed by atoms with Crippen molar-refractivity contribution in [2.24, 2.45) is 0 Å². The van der Waals surface area contributed by atoms with Gasteiger partial charge in [0, 0.05) is 11.3 Å². The number of benzene rings is 1. The SMILES string of the molecule is C[C@@H]1Nc2ccccc2C(C(F)(F)F)(C(F)(F)F)O1. The van der Waals surface area contributed by atoms with Gasteiger partial charge in [-0.2, -0.15) is 26.3 Å². The van der Waals surface area contributed by atoms with Gasteiger partial charge in [0.2, 0.25) is 0 Å². The fourth-order valence-corrected chi connectivity index (χ4v) is 2.09. The number of nitrogens with one attached hydrogen (secondary N) is 1. The molecule has 0 amide bonds. The average molecular weight is 285 g/mol. The van der Waals surface area contributed by atoms with E-state index in [1.165, 1.54) is 6.07 Å². The van der Waals surface area contributed by atoms with E-state index >= 15 is 0 Å². The van der Waals surface area contributed by atoms with E-state index in [0.29, 0.717) is 0 Å². The summed E-state index contributed by atoms with van der Waals surface area (Å²) < 4.78 is 82.7. The van der Waals surface area contributed by atoms with Crippen molar-refractivity contribution in [3.05, 3.63) is 29.8 Å². The Hall–Kier alpha value is -1.44. The van der Waals surface area contributed by atoms with Crippen LogP contribution in [-0.4, -0.2) is 18.6 Å². The first-order valence-electron chi connectivity index (χ1n) is 5.27. The Balaban J connectivity index is 2.75. The summed E-state index contributed by atoms with van der Waals surface area (Å²) >= 11 is 0. The summed E-state index contributed by atoms with van der Waals surface area (Å²) in [6, 6.07) is 4.36. The number of ether oxygens (including phenoxy) is 1. The van der Waals surface area contributed by atoms with Gasteiger partial charge in [-0.25, -0.2) is 0 Å². The molecule has 19 heavy (non-hydrogen) atoms. The van der Waals surface area contributed by atoms with Gasteiger partial charge >= 0.3 is 12.4 Å². The first-order chi connectivity index (χ1) is 8.59. The van der Waals surface area contributed by atoms with E-state index in [2.05, 4.69) is 10.1 Å². The largest absolute Gasteiger partial charge is 0.431 e. The van der Waals surface area contributed by atoms with Gasteiger partial charge in [0.05, 0.1) is 0 Å². The standard InChI is InChI=1S/C11H9F6NO/c1-6-18-8-5-3-2-4-7(8)9(19-6,10(12,13)14)11(15,16)17/h2-6,18H,1H3/t6-/m1/s1. The topological polar surface area (TPSA) is 21.3 Å². The Bertz CT molecular complexity index is 467. The van der Waals surface area contributed by atoms with E-state index in [0.717, 1.165) is 25.1 Å². The summed E-state index contributed by atoms with van der Waals surface area (Å²) in [5.74, 6) is 0. The monoisotopic (exact) mass is 285 g/mol. The first kappa shape index (κ1) is 14.0. The molecule has 8 heteroatoms. The summed E-state index contributed by atoms with van der Waals surface area (Å²) in [4.78, 5) is 0. The molecule has 1 aromatic rings. The van der Waals surface area contributed by atoms with Gasteiger partial charge in [-0.1, -0.05) is 18.2 Å². The molecule has 1 aromatic carbocycles. The molecule has 0 unspecified atom stereocenters. The number of hydrogen-bond donors (Lipinski definition) is 1. The molecule has 0 saturated carbocycles. The number of fused-ring (bicyclic) bond motifs is 1. The van der Waals surface area contributed by atoms with E-state index < -0.39 is 29.7 Å². The first-order valence-corrected chi connectivity index (χ1v) is 5.27. The Morgan fingerprint density at radius 1 is 1.05 bits per heavy atom.